The largest absolute Gasteiger partial charge is 0.373 e. The summed E-state index contributed by atoms with van der Waals surface area (Å²) in [5.41, 5.74) is 2.15. The van der Waals surface area contributed by atoms with Crippen molar-refractivity contribution in [2.75, 3.05) is 38.1 Å². The van der Waals surface area contributed by atoms with Gasteiger partial charge in [-0.2, -0.15) is 0 Å². The van der Waals surface area contributed by atoms with Crippen molar-refractivity contribution in [3.8, 4) is 0 Å². The van der Waals surface area contributed by atoms with E-state index in [0.717, 1.165) is 49.5 Å². The van der Waals surface area contributed by atoms with Crippen molar-refractivity contribution in [3.63, 3.8) is 0 Å². The van der Waals surface area contributed by atoms with Crippen molar-refractivity contribution in [3.05, 3.63) is 30.1 Å². The Morgan fingerprint density at radius 1 is 1.32 bits per heavy atom. The van der Waals surface area contributed by atoms with Crippen LogP contribution in [-0.4, -0.2) is 53.3 Å². The van der Waals surface area contributed by atoms with Gasteiger partial charge in [0, 0.05) is 31.6 Å². The van der Waals surface area contributed by atoms with Crippen LogP contribution in [0.4, 0.5) is 5.82 Å². The summed E-state index contributed by atoms with van der Waals surface area (Å²) in [5.74, 6) is 0.918. The van der Waals surface area contributed by atoms with Crippen LogP contribution in [0.15, 0.2) is 24.5 Å². The molecule has 5 heteroatoms. The molecular weight excluding hydrogens is 276 g/mol. The monoisotopic (exact) mass is 300 g/mol. The third-order valence-electron chi connectivity index (χ3n) is 4.09. The summed E-state index contributed by atoms with van der Waals surface area (Å²) in [7, 11) is 0. The van der Waals surface area contributed by atoms with Crippen LogP contribution in [-0.2, 0) is 4.74 Å². The summed E-state index contributed by atoms with van der Waals surface area (Å²) < 4.78 is 5.75. The van der Waals surface area contributed by atoms with Gasteiger partial charge in [-0.15, -0.1) is 0 Å². The first-order valence-corrected chi connectivity index (χ1v) is 7.86. The zero-order valence-electron chi connectivity index (χ0n) is 13.6. The van der Waals surface area contributed by atoms with E-state index >= 15 is 0 Å². The number of aryl methyl sites for hydroxylation is 1. The molecule has 118 valence electrons. The molecule has 2 aromatic rings. The van der Waals surface area contributed by atoms with Crippen molar-refractivity contribution in [2.24, 2.45) is 0 Å². The number of morpholine rings is 1. The SMILES string of the molecule is Cc1cccc2c(NCCN3CCOC(C)(C)C3)ncnc12. The summed E-state index contributed by atoms with van der Waals surface area (Å²) in [4.78, 5) is 11.2. The van der Waals surface area contributed by atoms with Gasteiger partial charge in [0.05, 0.1) is 17.7 Å². The summed E-state index contributed by atoms with van der Waals surface area (Å²) in [6.07, 6.45) is 1.63. The number of para-hydroxylation sites is 1. The maximum atomic E-state index is 5.75. The summed E-state index contributed by atoms with van der Waals surface area (Å²) in [6, 6.07) is 6.20. The van der Waals surface area contributed by atoms with Crippen LogP contribution in [0.1, 0.15) is 19.4 Å². The Hall–Kier alpha value is -1.72. The lowest BCUT2D eigenvalue weighted by Gasteiger charge is -2.38. The number of hydrogen-bond donors (Lipinski definition) is 1. The molecule has 0 amide bonds. The first-order chi connectivity index (χ1) is 10.6. The standard InChI is InChI=1S/C17H24N4O/c1-13-5-4-6-14-15(13)19-12-20-16(14)18-7-8-21-9-10-22-17(2,3)11-21/h4-6,12H,7-11H2,1-3H3,(H,18,19,20). The quantitative estimate of drug-likeness (QED) is 0.940. The molecule has 0 radical (unpaired) electrons. The van der Waals surface area contributed by atoms with Gasteiger partial charge in [-0.25, -0.2) is 9.97 Å². The Morgan fingerprint density at radius 2 is 2.18 bits per heavy atom. The van der Waals surface area contributed by atoms with E-state index in [4.69, 9.17) is 4.74 Å². The number of fused-ring (bicyclic) bond motifs is 1. The lowest BCUT2D eigenvalue weighted by Crippen LogP contribution is -2.49. The molecule has 1 N–H and O–H groups in total. The first-order valence-electron chi connectivity index (χ1n) is 7.86. The highest BCUT2D eigenvalue weighted by molar-refractivity contribution is 5.90. The molecule has 1 aliphatic heterocycles. The van der Waals surface area contributed by atoms with Crippen molar-refractivity contribution in [1.29, 1.82) is 0 Å². The molecule has 1 aromatic heterocycles. The third kappa shape index (κ3) is 3.36. The minimum Gasteiger partial charge on any atom is -0.373 e. The molecule has 0 bridgehead atoms. The van der Waals surface area contributed by atoms with E-state index in [-0.39, 0.29) is 5.60 Å². The third-order valence-corrected chi connectivity index (χ3v) is 4.09. The highest BCUT2D eigenvalue weighted by Crippen LogP contribution is 2.21. The van der Waals surface area contributed by atoms with Gasteiger partial charge >= 0.3 is 0 Å². The number of aromatic nitrogens is 2. The van der Waals surface area contributed by atoms with Crippen LogP contribution < -0.4 is 5.32 Å². The van der Waals surface area contributed by atoms with Gasteiger partial charge in [-0.1, -0.05) is 12.1 Å². The number of anilines is 1. The van der Waals surface area contributed by atoms with Gasteiger partial charge in [0.15, 0.2) is 0 Å². The second kappa shape index (κ2) is 6.18. The predicted octanol–water partition coefficient (Wildman–Crippen LogP) is 2.46. The summed E-state index contributed by atoms with van der Waals surface area (Å²) in [6.45, 7) is 11.0. The molecule has 1 aliphatic rings. The Morgan fingerprint density at radius 3 is 3.00 bits per heavy atom. The van der Waals surface area contributed by atoms with Crippen LogP contribution in [0.25, 0.3) is 10.9 Å². The predicted molar refractivity (Wildman–Crippen MR) is 89.2 cm³/mol. The number of ether oxygens (including phenoxy) is 1. The molecule has 1 aromatic carbocycles. The van der Waals surface area contributed by atoms with Crippen molar-refractivity contribution in [2.45, 2.75) is 26.4 Å². The number of hydrogen-bond acceptors (Lipinski definition) is 5. The molecule has 0 saturated carbocycles. The normalized spacial score (nSPS) is 18.5. The Kier molecular flexibility index (Phi) is 4.27. The number of rotatable bonds is 4. The highest BCUT2D eigenvalue weighted by Gasteiger charge is 2.26. The zero-order valence-corrected chi connectivity index (χ0v) is 13.6. The van der Waals surface area contributed by atoms with E-state index in [9.17, 15) is 0 Å². The van der Waals surface area contributed by atoms with Crippen LogP contribution in [0.2, 0.25) is 0 Å². The summed E-state index contributed by atoms with van der Waals surface area (Å²) in [5, 5.41) is 4.54. The number of nitrogens with one attached hydrogen (secondary N) is 1. The second-order valence-corrected chi connectivity index (χ2v) is 6.50. The minimum atomic E-state index is -0.0447. The van der Waals surface area contributed by atoms with Crippen LogP contribution in [0.3, 0.4) is 0 Å². The van der Waals surface area contributed by atoms with Gasteiger partial charge in [-0.05, 0) is 32.4 Å². The topological polar surface area (TPSA) is 50.3 Å². The fraction of sp³-hybridized carbons (Fsp3) is 0.529. The van der Waals surface area contributed by atoms with Crippen molar-refractivity contribution < 1.29 is 4.74 Å². The maximum Gasteiger partial charge on any atom is 0.137 e. The van der Waals surface area contributed by atoms with Gasteiger partial charge < -0.3 is 10.1 Å². The lowest BCUT2D eigenvalue weighted by atomic mass is 10.1. The van der Waals surface area contributed by atoms with E-state index in [1.165, 1.54) is 5.56 Å². The van der Waals surface area contributed by atoms with E-state index < -0.39 is 0 Å². The molecular formula is C17H24N4O. The Labute approximate surface area is 131 Å². The average Bonchev–Trinajstić information content (AvgIpc) is 2.47. The molecule has 5 nitrogen and oxygen atoms in total. The minimum absolute atomic E-state index is 0.0447. The van der Waals surface area contributed by atoms with Gasteiger partial charge in [-0.3, -0.25) is 4.90 Å². The van der Waals surface area contributed by atoms with Crippen molar-refractivity contribution >= 4 is 16.7 Å². The fourth-order valence-corrected chi connectivity index (χ4v) is 3.01. The van der Waals surface area contributed by atoms with E-state index in [1.54, 1.807) is 6.33 Å². The van der Waals surface area contributed by atoms with Crippen LogP contribution >= 0.6 is 0 Å². The maximum absolute atomic E-state index is 5.75. The Bertz CT molecular complexity index is 656. The molecule has 0 unspecified atom stereocenters. The van der Waals surface area contributed by atoms with Crippen LogP contribution in [0.5, 0.6) is 0 Å². The van der Waals surface area contributed by atoms with E-state index in [1.807, 2.05) is 0 Å². The zero-order chi connectivity index (χ0) is 15.6. The molecule has 0 aliphatic carbocycles. The molecule has 3 rings (SSSR count). The summed E-state index contributed by atoms with van der Waals surface area (Å²) >= 11 is 0. The number of benzene rings is 1. The number of nitrogens with zero attached hydrogens (tertiary/aromatic N) is 3. The molecule has 0 spiro atoms. The second-order valence-electron chi connectivity index (χ2n) is 6.50. The average molecular weight is 300 g/mol. The first kappa shape index (κ1) is 15.2. The molecule has 0 atom stereocenters. The molecule has 2 heterocycles. The van der Waals surface area contributed by atoms with Crippen molar-refractivity contribution in [1.82, 2.24) is 14.9 Å². The molecule has 1 saturated heterocycles. The van der Waals surface area contributed by atoms with Gasteiger partial charge in [0.1, 0.15) is 12.1 Å². The molecule has 1 fully saturated rings. The van der Waals surface area contributed by atoms with E-state index in [2.05, 4.69) is 59.2 Å². The van der Waals surface area contributed by atoms with Crippen LogP contribution in [0, 0.1) is 6.92 Å². The Balaban J connectivity index is 1.64. The van der Waals surface area contributed by atoms with Gasteiger partial charge in [0.25, 0.3) is 0 Å². The smallest absolute Gasteiger partial charge is 0.137 e. The lowest BCUT2D eigenvalue weighted by molar-refractivity contribution is -0.0848. The fourth-order valence-electron chi connectivity index (χ4n) is 3.01. The van der Waals surface area contributed by atoms with E-state index in [0.29, 0.717) is 0 Å². The molecule has 22 heavy (non-hydrogen) atoms. The van der Waals surface area contributed by atoms with Gasteiger partial charge in [0.2, 0.25) is 0 Å². The highest BCUT2D eigenvalue weighted by atomic mass is 16.5.